The second-order valence-electron chi connectivity index (χ2n) is 9.38. The number of hydrogen-bond acceptors (Lipinski definition) is 3. The molecule has 5 atom stereocenters. The van der Waals surface area contributed by atoms with Crippen LogP contribution in [0, 0.1) is 29.6 Å². The van der Waals surface area contributed by atoms with E-state index in [1.807, 2.05) is 0 Å². The van der Waals surface area contributed by atoms with Gasteiger partial charge in [-0.1, -0.05) is 32.9 Å². The van der Waals surface area contributed by atoms with Crippen molar-refractivity contribution < 1.29 is 5.11 Å². The van der Waals surface area contributed by atoms with Gasteiger partial charge in [-0.05, 0) is 90.8 Å². The normalized spacial score (nSPS) is 38.5. The Balaban J connectivity index is 1.58. The summed E-state index contributed by atoms with van der Waals surface area (Å²) < 4.78 is 0. The molecule has 3 heteroatoms. The molecule has 0 saturated heterocycles. The maximum absolute atomic E-state index is 9.57. The lowest BCUT2D eigenvalue weighted by Gasteiger charge is -2.36. The monoisotopic (exact) mass is 363 g/mol. The van der Waals surface area contributed by atoms with Gasteiger partial charge in [-0.3, -0.25) is 0 Å². The topological polar surface area (TPSA) is 46.2 Å². The van der Waals surface area contributed by atoms with E-state index in [1.54, 1.807) is 11.1 Å². The highest BCUT2D eigenvalue weighted by molar-refractivity contribution is 7.99. The van der Waals surface area contributed by atoms with Gasteiger partial charge in [0, 0.05) is 5.54 Å². The standard InChI is InChI=1S/C22H37NOS/c1-15(2)12-25-13-17-4-5-18-10-21(16(3)8-20(18)9-17)19-6-7-22(23,11-19)14-24/h8,10,15-17,19,21,24H,4-7,9,11-14,23H2,1-3H3/t16?,17-,19-,21?,22+/m0/s1. The van der Waals surface area contributed by atoms with Crippen molar-refractivity contribution >= 4 is 11.8 Å². The van der Waals surface area contributed by atoms with E-state index in [1.165, 1.54) is 37.2 Å². The maximum Gasteiger partial charge on any atom is 0.0611 e. The van der Waals surface area contributed by atoms with E-state index >= 15 is 0 Å². The first kappa shape index (κ1) is 19.5. The van der Waals surface area contributed by atoms with Gasteiger partial charge in [-0.15, -0.1) is 0 Å². The zero-order valence-corrected chi connectivity index (χ0v) is 17.2. The molecule has 0 bridgehead atoms. The predicted octanol–water partition coefficient (Wildman–Crippen LogP) is 4.78. The predicted molar refractivity (Wildman–Crippen MR) is 110 cm³/mol. The Labute approximate surface area is 158 Å². The molecule has 2 nitrogen and oxygen atoms in total. The molecule has 0 heterocycles. The number of aliphatic hydroxyl groups is 1. The third-order valence-corrected chi connectivity index (χ3v) is 8.16. The molecular formula is C22H37NOS. The van der Waals surface area contributed by atoms with Crippen LogP contribution in [0.15, 0.2) is 23.3 Å². The first-order valence-electron chi connectivity index (χ1n) is 10.3. The number of fused-ring (bicyclic) bond motifs is 1. The van der Waals surface area contributed by atoms with Crippen LogP contribution in [0.3, 0.4) is 0 Å². The van der Waals surface area contributed by atoms with Gasteiger partial charge in [0.15, 0.2) is 0 Å². The molecule has 3 N–H and O–H groups in total. The molecule has 0 aromatic rings. The molecule has 142 valence electrons. The van der Waals surface area contributed by atoms with Crippen molar-refractivity contribution in [3.8, 4) is 0 Å². The lowest BCUT2D eigenvalue weighted by molar-refractivity contribution is 0.189. The van der Waals surface area contributed by atoms with Crippen molar-refractivity contribution in [2.45, 2.75) is 64.8 Å². The zero-order chi connectivity index (χ0) is 18.0. The van der Waals surface area contributed by atoms with E-state index in [-0.39, 0.29) is 12.1 Å². The minimum atomic E-state index is -0.321. The molecule has 25 heavy (non-hydrogen) atoms. The van der Waals surface area contributed by atoms with Crippen LogP contribution in [0.5, 0.6) is 0 Å². The summed E-state index contributed by atoms with van der Waals surface area (Å²) in [6.45, 7) is 7.15. The van der Waals surface area contributed by atoms with Crippen LogP contribution in [-0.4, -0.2) is 28.8 Å². The Hall–Kier alpha value is -0.250. The number of nitrogens with two attached hydrogens (primary N) is 1. The summed E-state index contributed by atoms with van der Waals surface area (Å²) in [5, 5.41) is 9.57. The van der Waals surface area contributed by atoms with Crippen LogP contribution in [0.4, 0.5) is 0 Å². The molecular weight excluding hydrogens is 326 g/mol. The fourth-order valence-corrected chi connectivity index (χ4v) is 6.32. The first-order chi connectivity index (χ1) is 11.9. The highest BCUT2D eigenvalue weighted by Gasteiger charge is 2.40. The van der Waals surface area contributed by atoms with E-state index < -0.39 is 0 Å². The Morgan fingerprint density at radius 2 is 2.08 bits per heavy atom. The van der Waals surface area contributed by atoms with Gasteiger partial charge in [-0.25, -0.2) is 0 Å². The van der Waals surface area contributed by atoms with Gasteiger partial charge < -0.3 is 10.8 Å². The number of thioether (sulfide) groups is 1. The quantitative estimate of drug-likeness (QED) is 0.713. The molecule has 3 rings (SSSR count). The summed E-state index contributed by atoms with van der Waals surface area (Å²) >= 11 is 2.15. The van der Waals surface area contributed by atoms with Gasteiger partial charge >= 0.3 is 0 Å². The summed E-state index contributed by atoms with van der Waals surface area (Å²) in [5.41, 5.74) is 9.28. The van der Waals surface area contributed by atoms with Gasteiger partial charge in [0.1, 0.15) is 0 Å². The minimum absolute atomic E-state index is 0.137. The lowest BCUT2D eigenvalue weighted by Crippen LogP contribution is -2.41. The summed E-state index contributed by atoms with van der Waals surface area (Å²) in [6.07, 6.45) is 12.2. The average Bonchev–Trinajstić information content (AvgIpc) is 2.96. The second-order valence-corrected chi connectivity index (χ2v) is 10.5. The molecule has 0 amide bonds. The Morgan fingerprint density at radius 1 is 1.28 bits per heavy atom. The van der Waals surface area contributed by atoms with Crippen molar-refractivity contribution in [2.24, 2.45) is 35.3 Å². The first-order valence-corrected chi connectivity index (χ1v) is 11.4. The van der Waals surface area contributed by atoms with Crippen molar-refractivity contribution in [1.29, 1.82) is 0 Å². The third-order valence-electron chi connectivity index (χ3n) is 6.55. The summed E-state index contributed by atoms with van der Waals surface area (Å²) in [6, 6.07) is 0. The Kier molecular flexibility index (Phi) is 6.39. The van der Waals surface area contributed by atoms with Crippen LogP contribution >= 0.6 is 11.8 Å². The number of hydrogen-bond donors (Lipinski definition) is 2. The Bertz CT molecular complexity index is 526. The largest absolute Gasteiger partial charge is 0.394 e. The molecule has 2 saturated carbocycles. The smallest absolute Gasteiger partial charge is 0.0611 e. The van der Waals surface area contributed by atoms with Crippen molar-refractivity contribution in [3.63, 3.8) is 0 Å². The molecule has 0 spiro atoms. The van der Waals surface area contributed by atoms with Crippen LogP contribution in [-0.2, 0) is 0 Å². The molecule has 3 aliphatic carbocycles. The van der Waals surface area contributed by atoms with Crippen LogP contribution in [0.2, 0.25) is 0 Å². The number of aliphatic hydroxyl groups excluding tert-OH is 1. The van der Waals surface area contributed by atoms with Gasteiger partial charge in [0.2, 0.25) is 0 Å². The molecule has 0 aromatic heterocycles. The fourth-order valence-electron chi connectivity index (χ4n) is 5.09. The molecule has 0 aliphatic heterocycles. The molecule has 3 aliphatic rings. The van der Waals surface area contributed by atoms with Crippen molar-refractivity contribution in [2.75, 3.05) is 18.1 Å². The fraction of sp³-hybridized carbons (Fsp3) is 0.818. The minimum Gasteiger partial charge on any atom is -0.394 e. The Morgan fingerprint density at radius 3 is 2.76 bits per heavy atom. The lowest BCUT2D eigenvalue weighted by atomic mass is 9.70. The molecule has 0 aromatic carbocycles. The molecule has 0 radical (unpaired) electrons. The molecule has 2 unspecified atom stereocenters. The van der Waals surface area contributed by atoms with E-state index in [0.29, 0.717) is 17.8 Å². The maximum atomic E-state index is 9.57. The van der Waals surface area contributed by atoms with Gasteiger partial charge in [0.25, 0.3) is 0 Å². The highest BCUT2D eigenvalue weighted by Crippen LogP contribution is 2.46. The van der Waals surface area contributed by atoms with Crippen LogP contribution < -0.4 is 5.73 Å². The number of rotatable bonds is 6. The highest BCUT2D eigenvalue weighted by atomic mass is 32.2. The zero-order valence-electron chi connectivity index (χ0n) is 16.3. The number of allylic oxidation sites excluding steroid dienone is 4. The van der Waals surface area contributed by atoms with E-state index in [9.17, 15) is 5.11 Å². The second kappa shape index (κ2) is 8.19. The van der Waals surface area contributed by atoms with Gasteiger partial charge in [-0.2, -0.15) is 11.8 Å². The van der Waals surface area contributed by atoms with Crippen LogP contribution in [0.1, 0.15) is 59.3 Å². The summed E-state index contributed by atoms with van der Waals surface area (Å²) in [7, 11) is 0. The van der Waals surface area contributed by atoms with E-state index in [0.717, 1.165) is 24.7 Å². The van der Waals surface area contributed by atoms with Crippen LogP contribution in [0.25, 0.3) is 0 Å². The van der Waals surface area contributed by atoms with E-state index in [4.69, 9.17) is 5.73 Å². The summed E-state index contributed by atoms with van der Waals surface area (Å²) in [5.74, 6) is 6.19. The van der Waals surface area contributed by atoms with E-state index in [2.05, 4.69) is 44.7 Å². The van der Waals surface area contributed by atoms with Crippen molar-refractivity contribution in [1.82, 2.24) is 0 Å². The van der Waals surface area contributed by atoms with Crippen molar-refractivity contribution in [3.05, 3.63) is 23.3 Å². The SMILES string of the molecule is CC(C)CSC[C@H]1CCC2=CC([C@H]3CC[C@](N)(CO)C3)C(C)C=C2C1. The average molecular weight is 364 g/mol. The molecule has 2 fully saturated rings. The van der Waals surface area contributed by atoms with Gasteiger partial charge in [0.05, 0.1) is 6.61 Å². The summed E-state index contributed by atoms with van der Waals surface area (Å²) in [4.78, 5) is 0. The third kappa shape index (κ3) is 4.73.